The molecule has 0 radical (unpaired) electrons. The SMILES string of the molecule is CC(C)(C)OC(=O)N1CCC(OC(c2ccccc2)c2cccc(Br)n2)CC1. The standard InChI is InChI=1S/C22H27BrN2O3/c1-22(2,3)28-21(26)25-14-12-17(13-15-25)27-20(16-8-5-4-6-9-16)18-10-7-11-19(23)24-18/h4-11,17,20H,12-15H2,1-3H3. The van der Waals surface area contributed by atoms with E-state index < -0.39 is 5.60 Å². The fourth-order valence-corrected chi connectivity index (χ4v) is 3.57. The zero-order chi connectivity index (χ0) is 20.1. The Kier molecular flexibility index (Phi) is 6.73. The molecule has 5 nitrogen and oxygen atoms in total. The zero-order valence-electron chi connectivity index (χ0n) is 16.6. The molecular formula is C22H27BrN2O3. The van der Waals surface area contributed by atoms with E-state index >= 15 is 0 Å². The third-order valence-corrected chi connectivity index (χ3v) is 4.97. The van der Waals surface area contributed by atoms with Crippen molar-refractivity contribution in [2.24, 2.45) is 0 Å². The van der Waals surface area contributed by atoms with Gasteiger partial charge in [-0.3, -0.25) is 0 Å². The number of hydrogen-bond acceptors (Lipinski definition) is 4. The van der Waals surface area contributed by atoms with Gasteiger partial charge in [-0.25, -0.2) is 9.78 Å². The van der Waals surface area contributed by atoms with Crippen LogP contribution in [0.25, 0.3) is 0 Å². The van der Waals surface area contributed by atoms with E-state index in [9.17, 15) is 4.79 Å². The Bertz CT molecular complexity index is 784. The minimum absolute atomic E-state index is 0.0599. The molecule has 1 amide bonds. The monoisotopic (exact) mass is 446 g/mol. The summed E-state index contributed by atoms with van der Waals surface area (Å²) in [7, 11) is 0. The van der Waals surface area contributed by atoms with Crippen molar-refractivity contribution in [1.29, 1.82) is 0 Å². The van der Waals surface area contributed by atoms with Crippen LogP contribution in [0.2, 0.25) is 0 Å². The van der Waals surface area contributed by atoms with E-state index in [1.807, 2.05) is 57.2 Å². The number of ether oxygens (including phenoxy) is 2. The van der Waals surface area contributed by atoms with Gasteiger partial charge in [-0.2, -0.15) is 0 Å². The van der Waals surface area contributed by atoms with Crippen LogP contribution < -0.4 is 0 Å². The van der Waals surface area contributed by atoms with E-state index in [0.29, 0.717) is 13.1 Å². The fourth-order valence-electron chi connectivity index (χ4n) is 3.21. The molecule has 0 spiro atoms. The van der Waals surface area contributed by atoms with Crippen LogP contribution in [-0.4, -0.2) is 40.8 Å². The quantitative estimate of drug-likeness (QED) is 0.593. The second-order valence-corrected chi connectivity index (χ2v) is 8.79. The number of amides is 1. The lowest BCUT2D eigenvalue weighted by Gasteiger charge is -2.35. The van der Waals surface area contributed by atoms with Gasteiger partial charge in [0.25, 0.3) is 0 Å². The first-order chi connectivity index (χ1) is 13.3. The smallest absolute Gasteiger partial charge is 0.410 e. The van der Waals surface area contributed by atoms with Gasteiger partial charge in [0.2, 0.25) is 0 Å². The minimum Gasteiger partial charge on any atom is -0.444 e. The molecule has 1 fully saturated rings. The molecule has 1 atom stereocenters. The molecule has 2 heterocycles. The summed E-state index contributed by atoms with van der Waals surface area (Å²) in [6.07, 6.45) is 1.12. The summed E-state index contributed by atoms with van der Waals surface area (Å²) in [5.41, 5.74) is 1.47. The van der Waals surface area contributed by atoms with E-state index in [1.165, 1.54) is 0 Å². The number of rotatable bonds is 4. The van der Waals surface area contributed by atoms with E-state index in [-0.39, 0.29) is 18.3 Å². The highest BCUT2D eigenvalue weighted by Crippen LogP contribution is 2.30. The lowest BCUT2D eigenvalue weighted by molar-refractivity contribution is -0.0350. The summed E-state index contributed by atoms with van der Waals surface area (Å²) in [6, 6.07) is 16.0. The maximum Gasteiger partial charge on any atom is 0.410 e. The Morgan fingerprint density at radius 2 is 1.79 bits per heavy atom. The Hall–Kier alpha value is -1.92. The third kappa shape index (κ3) is 5.79. The molecule has 3 rings (SSSR count). The third-order valence-electron chi connectivity index (χ3n) is 4.53. The van der Waals surface area contributed by atoms with Gasteiger partial charge in [-0.15, -0.1) is 0 Å². The highest BCUT2D eigenvalue weighted by atomic mass is 79.9. The molecule has 1 saturated heterocycles. The predicted molar refractivity (Wildman–Crippen MR) is 112 cm³/mol. The maximum absolute atomic E-state index is 12.3. The van der Waals surface area contributed by atoms with Crippen LogP contribution in [0.3, 0.4) is 0 Å². The number of pyridine rings is 1. The topological polar surface area (TPSA) is 51.7 Å². The summed E-state index contributed by atoms with van der Waals surface area (Å²) in [6.45, 7) is 6.92. The highest BCUT2D eigenvalue weighted by molar-refractivity contribution is 9.10. The van der Waals surface area contributed by atoms with Crippen molar-refractivity contribution in [3.8, 4) is 0 Å². The molecule has 1 aromatic carbocycles. The van der Waals surface area contributed by atoms with Crippen molar-refractivity contribution >= 4 is 22.0 Å². The summed E-state index contributed by atoms with van der Waals surface area (Å²) >= 11 is 3.45. The van der Waals surface area contributed by atoms with E-state index in [1.54, 1.807) is 4.90 Å². The lowest BCUT2D eigenvalue weighted by atomic mass is 10.0. The molecule has 1 aromatic heterocycles. The molecule has 1 aliphatic heterocycles. The average Bonchev–Trinajstić information content (AvgIpc) is 2.66. The molecule has 6 heteroatoms. The molecule has 1 unspecified atom stereocenters. The molecular weight excluding hydrogens is 420 g/mol. The van der Waals surface area contributed by atoms with Gasteiger partial charge in [-0.05, 0) is 67.2 Å². The van der Waals surface area contributed by atoms with Crippen LogP contribution in [0.5, 0.6) is 0 Å². The minimum atomic E-state index is -0.477. The Morgan fingerprint density at radius 3 is 2.39 bits per heavy atom. The molecule has 0 N–H and O–H groups in total. The Balaban J connectivity index is 1.67. The van der Waals surface area contributed by atoms with Crippen molar-refractivity contribution in [1.82, 2.24) is 9.88 Å². The van der Waals surface area contributed by atoms with Crippen molar-refractivity contribution in [2.45, 2.75) is 51.4 Å². The second kappa shape index (κ2) is 9.05. The van der Waals surface area contributed by atoms with Crippen LogP contribution in [-0.2, 0) is 9.47 Å². The van der Waals surface area contributed by atoms with Gasteiger partial charge < -0.3 is 14.4 Å². The summed E-state index contributed by atoms with van der Waals surface area (Å²) in [5.74, 6) is 0. The van der Waals surface area contributed by atoms with E-state index in [2.05, 4.69) is 33.0 Å². The first-order valence-electron chi connectivity index (χ1n) is 9.62. The molecule has 1 aliphatic rings. The fraction of sp³-hybridized carbons (Fsp3) is 0.455. The van der Waals surface area contributed by atoms with Crippen LogP contribution in [0.4, 0.5) is 4.79 Å². The second-order valence-electron chi connectivity index (χ2n) is 7.98. The number of piperidine rings is 1. The van der Waals surface area contributed by atoms with Crippen molar-refractivity contribution < 1.29 is 14.3 Å². The lowest BCUT2D eigenvalue weighted by Crippen LogP contribution is -2.43. The molecule has 2 aromatic rings. The summed E-state index contributed by atoms with van der Waals surface area (Å²) < 4.78 is 12.7. The Morgan fingerprint density at radius 1 is 1.11 bits per heavy atom. The van der Waals surface area contributed by atoms with Crippen molar-refractivity contribution in [3.05, 3.63) is 64.4 Å². The van der Waals surface area contributed by atoms with Gasteiger partial charge in [0.1, 0.15) is 16.3 Å². The summed E-state index contributed by atoms with van der Waals surface area (Å²) in [4.78, 5) is 18.6. The molecule has 0 saturated carbocycles. The highest BCUT2D eigenvalue weighted by Gasteiger charge is 2.29. The molecule has 150 valence electrons. The number of halogens is 1. The van der Waals surface area contributed by atoms with Crippen LogP contribution in [0, 0.1) is 0 Å². The normalized spacial score (nSPS) is 16.6. The van der Waals surface area contributed by atoms with Crippen molar-refractivity contribution in [2.75, 3.05) is 13.1 Å². The number of hydrogen-bond donors (Lipinski definition) is 0. The molecule has 0 bridgehead atoms. The Labute approximate surface area is 175 Å². The summed E-state index contributed by atoms with van der Waals surface area (Å²) in [5, 5.41) is 0. The maximum atomic E-state index is 12.3. The van der Waals surface area contributed by atoms with Crippen molar-refractivity contribution in [3.63, 3.8) is 0 Å². The van der Waals surface area contributed by atoms with Gasteiger partial charge in [0.15, 0.2) is 0 Å². The van der Waals surface area contributed by atoms with E-state index in [0.717, 1.165) is 28.7 Å². The van der Waals surface area contributed by atoms with Crippen LogP contribution in [0.1, 0.15) is 51.0 Å². The average molecular weight is 447 g/mol. The zero-order valence-corrected chi connectivity index (χ0v) is 18.2. The van der Waals surface area contributed by atoms with Gasteiger partial charge in [0, 0.05) is 13.1 Å². The number of aromatic nitrogens is 1. The van der Waals surface area contributed by atoms with Crippen LogP contribution >= 0.6 is 15.9 Å². The van der Waals surface area contributed by atoms with Crippen LogP contribution in [0.15, 0.2) is 53.1 Å². The number of likely N-dealkylation sites (tertiary alicyclic amines) is 1. The number of nitrogens with zero attached hydrogens (tertiary/aromatic N) is 2. The van der Waals surface area contributed by atoms with Gasteiger partial charge >= 0.3 is 6.09 Å². The molecule has 28 heavy (non-hydrogen) atoms. The first-order valence-corrected chi connectivity index (χ1v) is 10.4. The molecule has 0 aliphatic carbocycles. The van der Waals surface area contributed by atoms with E-state index in [4.69, 9.17) is 9.47 Å². The predicted octanol–water partition coefficient (Wildman–Crippen LogP) is 5.35. The number of carbonyl (C=O) groups is 1. The van der Waals surface area contributed by atoms with Gasteiger partial charge in [0.05, 0.1) is 11.8 Å². The number of benzene rings is 1. The van der Waals surface area contributed by atoms with Gasteiger partial charge in [-0.1, -0.05) is 36.4 Å². The number of carbonyl (C=O) groups excluding carboxylic acids is 1. The first kappa shape index (κ1) is 20.8. The largest absolute Gasteiger partial charge is 0.444 e.